The average molecular weight is 206 g/mol. The molecule has 0 atom stereocenters. The van der Waals surface area contributed by atoms with E-state index >= 15 is 0 Å². The van der Waals surface area contributed by atoms with Crippen LogP contribution in [0.2, 0.25) is 0 Å². The molecule has 0 fully saturated rings. The third-order valence-electron chi connectivity index (χ3n) is 2.33. The van der Waals surface area contributed by atoms with Gasteiger partial charge < -0.3 is 9.67 Å². The Kier molecular flexibility index (Phi) is 2.53. The van der Waals surface area contributed by atoms with Crippen LogP contribution < -0.4 is 0 Å². The van der Waals surface area contributed by atoms with Crippen LogP contribution in [0.1, 0.15) is 20.3 Å². The number of nitrogens with zero attached hydrogens (tertiary/aromatic N) is 4. The quantitative estimate of drug-likeness (QED) is 0.827. The van der Waals surface area contributed by atoms with Crippen molar-refractivity contribution in [2.45, 2.75) is 26.8 Å². The zero-order valence-corrected chi connectivity index (χ0v) is 8.88. The molecule has 0 spiro atoms. The van der Waals surface area contributed by atoms with E-state index in [0.29, 0.717) is 17.4 Å². The van der Waals surface area contributed by atoms with Crippen molar-refractivity contribution in [3.8, 4) is 17.4 Å². The minimum absolute atomic E-state index is 0.0525. The molecule has 0 bridgehead atoms. The molecule has 15 heavy (non-hydrogen) atoms. The molecule has 2 rings (SSSR count). The van der Waals surface area contributed by atoms with E-state index in [1.165, 1.54) is 6.33 Å². The first kappa shape index (κ1) is 9.89. The van der Waals surface area contributed by atoms with Crippen molar-refractivity contribution in [3.63, 3.8) is 0 Å². The summed E-state index contributed by atoms with van der Waals surface area (Å²) < 4.78 is 1.92. The normalized spacial score (nSPS) is 11.4. The topological polar surface area (TPSA) is 63.8 Å². The van der Waals surface area contributed by atoms with Crippen molar-refractivity contribution < 1.29 is 5.11 Å². The highest BCUT2D eigenvalue weighted by Crippen LogP contribution is 2.24. The number of aromatic hydroxyl groups is 1. The van der Waals surface area contributed by atoms with E-state index in [9.17, 15) is 5.11 Å². The van der Waals surface area contributed by atoms with Gasteiger partial charge in [-0.25, -0.2) is 15.0 Å². The van der Waals surface area contributed by atoms with Crippen molar-refractivity contribution in [2.75, 3.05) is 0 Å². The van der Waals surface area contributed by atoms with E-state index in [1.54, 1.807) is 6.33 Å². The molecular weight excluding hydrogens is 192 g/mol. The van der Waals surface area contributed by atoms with Crippen molar-refractivity contribution in [1.29, 1.82) is 0 Å². The molecule has 0 saturated heterocycles. The van der Waals surface area contributed by atoms with Gasteiger partial charge in [-0.3, -0.25) is 0 Å². The lowest BCUT2D eigenvalue weighted by Crippen LogP contribution is -2.07. The zero-order valence-electron chi connectivity index (χ0n) is 8.88. The molecule has 5 nitrogen and oxygen atoms in total. The predicted octanol–water partition coefficient (Wildman–Crippen LogP) is 1.53. The number of hydrogen-bond donors (Lipinski definition) is 1. The van der Waals surface area contributed by atoms with Crippen LogP contribution in [0.25, 0.3) is 11.5 Å². The number of imidazole rings is 1. The molecule has 5 heteroatoms. The van der Waals surface area contributed by atoms with E-state index in [1.807, 2.05) is 4.57 Å². The molecule has 0 aliphatic carbocycles. The monoisotopic (exact) mass is 206 g/mol. The molecule has 2 aliphatic heterocycles. The van der Waals surface area contributed by atoms with Gasteiger partial charge in [-0.15, -0.1) is 0 Å². The summed E-state index contributed by atoms with van der Waals surface area (Å²) in [7, 11) is 0. The number of aromatic nitrogens is 4. The van der Waals surface area contributed by atoms with Crippen LogP contribution in [0.5, 0.6) is 5.88 Å². The van der Waals surface area contributed by atoms with Crippen molar-refractivity contribution >= 4 is 0 Å². The van der Waals surface area contributed by atoms with Crippen molar-refractivity contribution in [2.24, 2.45) is 5.92 Å². The maximum absolute atomic E-state index is 9.44. The second kappa shape index (κ2) is 3.84. The summed E-state index contributed by atoms with van der Waals surface area (Å²) in [6.45, 7) is 5.19. The Balaban J connectivity index is 2.29. The molecule has 2 heterocycles. The zero-order chi connectivity index (χ0) is 10.8. The molecule has 0 aromatic heterocycles. The third kappa shape index (κ3) is 1.91. The molecule has 2 aliphatic rings. The van der Waals surface area contributed by atoms with Gasteiger partial charge in [0.15, 0.2) is 11.5 Å². The van der Waals surface area contributed by atoms with Crippen molar-refractivity contribution in [3.05, 3.63) is 12.7 Å². The Morgan fingerprint density at radius 2 is 2.13 bits per heavy atom. The van der Waals surface area contributed by atoms with Gasteiger partial charge in [0.25, 0.3) is 0 Å². The number of fused-ring (bicyclic) bond motifs is 1. The van der Waals surface area contributed by atoms with E-state index in [4.69, 9.17) is 0 Å². The molecule has 80 valence electrons. The molecular formula is C10H14N4O. The van der Waals surface area contributed by atoms with E-state index in [0.717, 1.165) is 13.0 Å². The fourth-order valence-corrected chi connectivity index (χ4v) is 1.43. The Bertz CT molecular complexity index is 424. The fourth-order valence-electron chi connectivity index (χ4n) is 1.43. The second-order valence-electron chi connectivity index (χ2n) is 3.99. The van der Waals surface area contributed by atoms with E-state index < -0.39 is 0 Å². The molecule has 0 amide bonds. The summed E-state index contributed by atoms with van der Waals surface area (Å²) in [5.41, 5.74) is 0.473. The van der Waals surface area contributed by atoms with E-state index in [-0.39, 0.29) is 5.88 Å². The van der Waals surface area contributed by atoms with Gasteiger partial charge in [-0.2, -0.15) is 0 Å². The number of aryl methyl sites for hydroxylation is 1. The third-order valence-corrected chi connectivity index (χ3v) is 2.33. The Morgan fingerprint density at radius 3 is 2.87 bits per heavy atom. The average Bonchev–Trinajstić information content (AvgIpc) is 2.66. The lowest BCUT2D eigenvalue weighted by atomic mass is 10.1. The van der Waals surface area contributed by atoms with Gasteiger partial charge in [-0.1, -0.05) is 13.8 Å². The van der Waals surface area contributed by atoms with Crippen LogP contribution in [-0.2, 0) is 6.54 Å². The molecule has 0 unspecified atom stereocenters. The smallest absolute Gasteiger partial charge is 0.242 e. The molecule has 0 radical (unpaired) electrons. The molecule has 0 saturated carbocycles. The molecule has 0 aromatic carbocycles. The standard InChI is InChI=1S/C10H14N4O/c1-7(2)3-4-14-6-13-10(15)8-9(14)12-5-11-8/h5-7,15H,3-4H2,1-2H3. The summed E-state index contributed by atoms with van der Waals surface area (Å²) in [5.74, 6) is 1.27. The Labute approximate surface area is 88.2 Å². The van der Waals surface area contributed by atoms with Gasteiger partial charge in [0.1, 0.15) is 12.7 Å². The van der Waals surface area contributed by atoms with Crippen molar-refractivity contribution in [1.82, 2.24) is 19.5 Å². The minimum atomic E-state index is -0.0525. The Morgan fingerprint density at radius 1 is 1.33 bits per heavy atom. The summed E-state index contributed by atoms with van der Waals surface area (Å²) >= 11 is 0. The number of hydrogen-bond acceptors (Lipinski definition) is 4. The van der Waals surface area contributed by atoms with Gasteiger partial charge in [0.05, 0.1) is 0 Å². The lowest BCUT2D eigenvalue weighted by Gasteiger charge is -2.11. The predicted molar refractivity (Wildman–Crippen MR) is 55.6 cm³/mol. The van der Waals surface area contributed by atoms with Gasteiger partial charge in [0.2, 0.25) is 5.88 Å². The fraction of sp³-hybridized carbons (Fsp3) is 0.500. The summed E-state index contributed by atoms with van der Waals surface area (Å²) in [5, 5.41) is 9.44. The first-order valence-electron chi connectivity index (χ1n) is 5.03. The highest BCUT2D eigenvalue weighted by molar-refractivity contribution is 5.56. The van der Waals surface area contributed by atoms with Crippen LogP contribution in [0.4, 0.5) is 0 Å². The van der Waals surface area contributed by atoms with Gasteiger partial charge in [0, 0.05) is 6.54 Å². The van der Waals surface area contributed by atoms with Gasteiger partial charge >= 0.3 is 0 Å². The summed E-state index contributed by atoms with van der Waals surface area (Å²) in [6.07, 6.45) is 4.10. The summed E-state index contributed by atoms with van der Waals surface area (Å²) in [6, 6.07) is 0. The molecule has 1 N–H and O–H groups in total. The lowest BCUT2D eigenvalue weighted by molar-refractivity contribution is 0.443. The SMILES string of the molecule is CC(C)CCn1cnc(O)c2ncnc1-2. The van der Waals surface area contributed by atoms with Crippen LogP contribution >= 0.6 is 0 Å². The largest absolute Gasteiger partial charge is 0.492 e. The highest BCUT2D eigenvalue weighted by atomic mass is 16.3. The summed E-state index contributed by atoms with van der Waals surface area (Å²) in [4.78, 5) is 11.9. The van der Waals surface area contributed by atoms with Crippen LogP contribution in [-0.4, -0.2) is 24.6 Å². The number of rotatable bonds is 3. The van der Waals surface area contributed by atoms with Crippen LogP contribution in [0, 0.1) is 5.92 Å². The first-order chi connectivity index (χ1) is 7.18. The maximum Gasteiger partial charge on any atom is 0.242 e. The highest BCUT2D eigenvalue weighted by Gasteiger charge is 2.15. The van der Waals surface area contributed by atoms with Crippen LogP contribution in [0.3, 0.4) is 0 Å². The first-order valence-corrected chi connectivity index (χ1v) is 5.03. The maximum atomic E-state index is 9.44. The second-order valence-corrected chi connectivity index (χ2v) is 3.99. The van der Waals surface area contributed by atoms with E-state index in [2.05, 4.69) is 28.8 Å². The van der Waals surface area contributed by atoms with Crippen LogP contribution in [0.15, 0.2) is 12.7 Å². The minimum Gasteiger partial charge on any atom is -0.492 e. The molecule has 0 aromatic rings. The van der Waals surface area contributed by atoms with Gasteiger partial charge in [-0.05, 0) is 12.3 Å². The Hall–Kier alpha value is -1.65.